The highest BCUT2D eigenvalue weighted by atomic mass is 16.3. The van der Waals surface area contributed by atoms with Crippen LogP contribution in [0.4, 0.5) is 0 Å². The van der Waals surface area contributed by atoms with Crippen LogP contribution in [0.5, 0.6) is 0 Å². The topological polar surface area (TPSA) is 55.1 Å². The van der Waals surface area contributed by atoms with Crippen molar-refractivity contribution in [1.82, 2.24) is 9.55 Å². The van der Waals surface area contributed by atoms with Gasteiger partial charge in [0.15, 0.2) is 12.1 Å². The van der Waals surface area contributed by atoms with E-state index in [1.54, 1.807) is 17.0 Å². The first kappa shape index (κ1) is 9.40. The molecule has 0 spiro atoms. The molecule has 0 aromatic carbocycles. The van der Waals surface area contributed by atoms with Gasteiger partial charge in [-0.05, 0) is 12.8 Å². The number of imidazole rings is 1. The lowest BCUT2D eigenvalue weighted by atomic mass is 9.92. The molecule has 4 nitrogen and oxygen atoms in total. The fourth-order valence-corrected chi connectivity index (χ4v) is 2.11. The summed E-state index contributed by atoms with van der Waals surface area (Å²) in [5.41, 5.74) is 0. The maximum absolute atomic E-state index is 10.7. The molecule has 0 amide bonds. The van der Waals surface area contributed by atoms with E-state index in [4.69, 9.17) is 0 Å². The number of hydrogen-bond acceptors (Lipinski definition) is 3. The molecule has 0 aliphatic heterocycles. The first-order valence-corrected chi connectivity index (χ1v) is 4.99. The first-order valence-electron chi connectivity index (χ1n) is 4.99. The smallest absolute Gasteiger partial charge is 0.185 e. The lowest BCUT2D eigenvalue weighted by Gasteiger charge is -2.29. The van der Waals surface area contributed by atoms with Gasteiger partial charge in [0.05, 0.1) is 12.1 Å². The molecule has 1 aliphatic carbocycles. The molecule has 0 saturated heterocycles. The van der Waals surface area contributed by atoms with Crippen LogP contribution in [-0.4, -0.2) is 27.0 Å². The van der Waals surface area contributed by atoms with Crippen molar-refractivity contribution >= 4 is 6.29 Å². The Morgan fingerprint density at radius 1 is 1.50 bits per heavy atom. The average Bonchev–Trinajstić information content (AvgIpc) is 2.66. The van der Waals surface area contributed by atoms with Crippen molar-refractivity contribution in [2.75, 3.05) is 0 Å². The number of carbonyl (C=O) groups excluding carboxylic acids is 1. The van der Waals surface area contributed by atoms with Gasteiger partial charge in [-0.3, -0.25) is 4.79 Å². The fraction of sp³-hybridized carbons (Fsp3) is 0.600. The lowest BCUT2D eigenvalue weighted by molar-refractivity contribution is 0.0736. The monoisotopic (exact) mass is 194 g/mol. The van der Waals surface area contributed by atoms with Crippen LogP contribution in [0.3, 0.4) is 0 Å². The number of aromatic nitrogens is 2. The Labute approximate surface area is 82.6 Å². The van der Waals surface area contributed by atoms with E-state index in [0.29, 0.717) is 5.82 Å². The number of aldehydes is 1. The fourth-order valence-electron chi connectivity index (χ4n) is 2.11. The molecule has 1 aliphatic rings. The third-order valence-electron chi connectivity index (χ3n) is 2.86. The van der Waals surface area contributed by atoms with Gasteiger partial charge in [-0.2, -0.15) is 0 Å². The van der Waals surface area contributed by atoms with Crippen molar-refractivity contribution in [3.8, 4) is 0 Å². The molecule has 1 fully saturated rings. The normalized spacial score (nSPS) is 27.5. The Kier molecular flexibility index (Phi) is 2.63. The van der Waals surface area contributed by atoms with Crippen molar-refractivity contribution in [3.05, 3.63) is 18.2 Å². The quantitative estimate of drug-likeness (QED) is 0.719. The summed E-state index contributed by atoms with van der Waals surface area (Å²) in [4.78, 5) is 14.6. The van der Waals surface area contributed by atoms with Gasteiger partial charge in [0.2, 0.25) is 0 Å². The van der Waals surface area contributed by atoms with E-state index < -0.39 is 0 Å². The second-order valence-electron chi connectivity index (χ2n) is 3.73. The highest BCUT2D eigenvalue weighted by molar-refractivity contribution is 5.69. The highest BCUT2D eigenvalue weighted by Crippen LogP contribution is 2.28. The molecule has 4 heteroatoms. The van der Waals surface area contributed by atoms with Gasteiger partial charge in [0, 0.05) is 12.4 Å². The predicted molar refractivity (Wildman–Crippen MR) is 51.1 cm³/mol. The summed E-state index contributed by atoms with van der Waals surface area (Å²) in [7, 11) is 0. The average molecular weight is 194 g/mol. The molecule has 1 aromatic heterocycles. The third-order valence-corrected chi connectivity index (χ3v) is 2.86. The minimum Gasteiger partial charge on any atom is -0.391 e. The van der Waals surface area contributed by atoms with Gasteiger partial charge in [-0.15, -0.1) is 0 Å². The van der Waals surface area contributed by atoms with Crippen LogP contribution in [0, 0.1) is 0 Å². The van der Waals surface area contributed by atoms with Gasteiger partial charge in [0.1, 0.15) is 0 Å². The molecule has 1 N–H and O–H groups in total. The number of nitrogens with zero attached hydrogens (tertiary/aromatic N) is 2. The van der Waals surface area contributed by atoms with E-state index >= 15 is 0 Å². The van der Waals surface area contributed by atoms with E-state index in [9.17, 15) is 9.90 Å². The van der Waals surface area contributed by atoms with Crippen molar-refractivity contribution in [1.29, 1.82) is 0 Å². The Morgan fingerprint density at radius 2 is 2.29 bits per heavy atom. The summed E-state index contributed by atoms with van der Waals surface area (Å²) < 4.78 is 1.79. The van der Waals surface area contributed by atoms with Gasteiger partial charge in [-0.1, -0.05) is 12.8 Å². The Hall–Kier alpha value is -1.16. The number of aliphatic hydroxyl groups excluding tert-OH is 1. The number of rotatable bonds is 2. The molecular formula is C10H14N2O2. The molecule has 2 unspecified atom stereocenters. The van der Waals surface area contributed by atoms with E-state index in [-0.39, 0.29) is 12.1 Å². The zero-order valence-electron chi connectivity index (χ0n) is 7.97. The van der Waals surface area contributed by atoms with Gasteiger partial charge in [0.25, 0.3) is 0 Å². The molecule has 1 heterocycles. The molecule has 1 saturated carbocycles. The maximum atomic E-state index is 10.7. The van der Waals surface area contributed by atoms with E-state index in [1.807, 2.05) is 0 Å². The van der Waals surface area contributed by atoms with Crippen LogP contribution in [0.2, 0.25) is 0 Å². The second kappa shape index (κ2) is 3.92. The molecule has 1 aromatic rings. The van der Waals surface area contributed by atoms with Crippen LogP contribution in [-0.2, 0) is 0 Å². The summed E-state index contributed by atoms with van der Waals surface area (Å²) in [6.07, 6.45) is 7.70. The zero-order valence-corrected chi connectivity index (χ0v) is 7.97. The molecule has 14 heavy (non-hydrogen) atoms. The van der Waals surface area contributed by atoms with E-state index in [1.165, 1.54) is 0 Å². The molecular weight excluding hydrogens is 180 g/mol. The first-order chi connectivity index (χ1) is 6.83. The Bertz CT molecular complexity index is 322. The maximum Gasteiger partial charge on any atom is 0.185 e. The number of hydrogen-bond donors (Lipinski definition) is 1. The largest absolute Gasteiger partial charge is 0.391 e. The van der Waals surface area contributed by atoms with Crippen molar-refractivity contribution in [2.45, 2.75) is 37.8 Å². The second-order valence-corrected chi connectivity index (χ2v) is 3.73. The van der Waals surface area contributed by atoms with Crippen LogP contribution in [0.1, 0.15) is 42.3 Å². The summed E-state index contributed by atoms with van der Waals surface area (Å²) in [6, 6.07) is 0.0337. The highest BCUT2D eigenvalue weighted by Gasteiger charge is 2.25. The van der Waals surface area contributed by atoms with Crippen molar-refractivity contribution in [3.63, 3.8) is 0 Å². The Morgan fingerprint density at radius 3 is 3.00 bits per heavy atom. The van der Waals surface area contributed by atoms with Crippen LogP contribution < -0.4 is 0 Å². The van der Waals surface area contributed by atoms with Gasteiger partial charge in [-0.25, -0.2) is 4.98 Å². The van der Waals surface area contributed by atoms with Gasteiger partial charge < -0.3 is 9.67 Å². The van der Waals surface area contributed by atoms with Crippen LogP contribution >= 0.6 is 0 Å². The van der Waals surface area contributed by atoms with Crippen molar-refractivity contribution < 1.29 is 9.90 Å². The third kappa shape index (κ3) is 1.57. The predicted octanol–water partition coefficient (Wildman–Crippen LogP) is 1.17. The van der Waals surface area contributed by atoms with Crippen molar-refractivity contribution in [2.24, 2.45) is 0 Å². The summed E-state index contributed by atoms with van der Waals surface area (Å²) in [5.74, 6) is 0.413. The SMILES string of the molecule is O=Cc1nccn1C1CCCCC1O. The molecule has 2 rings (SSSR count). The summed E-state index contributed by atoms with van der Waals surface area (Å²) in [5, 5.41) is 9.80. The lowest BCUT2D eigenvalue weighted by Crippen LogP contribution is -2.28. The molecule has 2 atom stereocenters. The zero-order chi connectivity index (χ0) is 9.97. The Balaban J connectivity index is 2.24. The van der Waals surface area contributed by atoms with Crippen LogP contribution in [0.25, 0.3) is 0 Å². The molecule has 0 radical (unpaired) electrons. The number of carbonyl (C=O) groups is 1. The minimum atomic E-state index is -0.336. The van der Waals surface area contributed by atoms with E-state index in [0.717, 1.165) is 32.0 Å². The summed E-state index contributed by atoms with van der Waals surface area (Å²) >= 11 is 0. The van der Waals surface area contributed by atoms with E-state index in [2.05, 4.69) is 4.98 Å². The molecule has 76 valence electrons. The standard InChI is InChI=1S/C10H14N2O2/c13-7-10-11-5-6-12(10)8-3-1-2-4-9(8)14/h5-9,14H,1-4H2. The molecule has 0 bridgehead atoms. The number of aliphatic hydroxyl groups is 1. The minimum absolute atomic E-state index is 0.0337. The van der Waals surface area contributed by atoms with Crippen LogP contribution in [0.15, 0.2) is 12.4 Å². The summed E-state index contributed by atoms with van der Waals surface area (Å²) in [6.45, 7) is 0. The van der Waals surface area contributed by atoms with Gasteiger partial charge >= 0.3 is 0 Å².